The molecule has 0 atom stereocenters. The van der Waals surface area contributed by atoms with E-state index in [1.54, 1.807) is 0 Å². The number of halogens is 1. The molecule has 0 aromatic carbocycles. The first kappa shape index (κ1) is 13.9. The summed E-state index contributed by atoms with van der Waals surface area (Å²) in [5, 5.41) is 4.75. The number of carbonyl (C=O) groups is 1. The lowest BCUT2D eigenvalue weighted by Crippen LogP contribution is -2.42. The summed E-state index contributed by atoms with van der Waals surface area (Å²) in [5.41, 5.74) is 0.750. The van der Waals surface area contributed by atoms with E-state index in [4.69, 9.17) is 0 Å². The predicted octanol–water partition coefficient (Wildman–Crippen LogP) is 3.02. The quantitative estimate of drug-likeness (QED) is 0.796. The first-order valence-corrected chi connectivity index (χ1v) is 8.29. The van der Waals surface area contributed by atoms with Crippen LogP contribution in [0.5, 0.6) is 0 Å². The molecule has 1 aliphatic rings. The summed E-state index contributed by atoms with van der Waals surface area (Å²) in [4.78, 5) is 15.3. The van der Waals surface area contributed by atoms with E-state index in [-0.39, 0.29) is 5.91 Å². The Morgan fingerprint density at radius 2 is 2.17 bits per heavy atom. The van der Waals surface area contributed by atoms with Crippen LogP contribution in [0.2, 0.25) is 0 Å². The highest BCUT2D eigenvalue weighted by Gasteiger charge is 2.27. The number of nitrogens with zero attached hydrogens (tertiary/aromatic N) is 3. The van der Waals surface area contributed by atoms with Gasteiger partial charge in [0.2, 0.25) is 0 Å². The highest BCUT2D eigenvalue weighted by Crippen LogP contribution is 2.25. The van der Waals surface area contributed by atoms with Crippen molar-refractivity contribution >= 4 is 33.4 Å². The molecule has 1 saturated carbocycles. The summed E-state index contributed by atoms with van der Waals surface area (Å²) in [5.74, 6) is 0.105. The number of hydrogen-bond donors (Lipinski definition) is 0. The normalized spacial score (nSPS) is 16.8. The number of hydrogen-bond acceptors (Lipinski definition) is 4. The molecule has 1 aliphatic carbocycles. The first-order chi connectivity index (χ1) is 8.74. The van der Waals surface area contributed by atoms with Gasteiger partial charge in [-0.2, -0.15) is 0 Å². The van der Waals surface area contributed by atoms with Crippen molar-refractivity contribution in [2.45, 2.75) is 45.1 Å². The lowest BCUT2D eigenvalue weighted by Gasteiger charge is -2.33. The van der Waals surface area contributed by atoms with E-state index in [0.29, 0.717) is 10.9 Å². The molecule has 0 spiro atoms. The number of aromatic nitrogens is 2. The van der Waals surface area contributed by atoms with Crippen LogP contribution in [0.4, 0.5) is 0 Å². The molecule has 1 aromatic rings. The van der Waals surface area contributed by atoms with E-state index in [1.807, 2.05) is 11.8 Å². The molecule has 1 amide bonds. The molecule has 1 heterocycles. The van der Waals surface area contributed by atoms with Crippen molar-refractivity contribution in [2.24, 2.45) is 0 Å². The van der Waals surface area contributed by atoms with E-state index in [2.05, 4.69) is 25.5 Å². The highest BCUT2D eigenvalue weighted by atomic mass is 79.9. The molecular weight excluding hydrogens is 314 g/mol. The SMILES string of the molecule is Cc1nnsc1C(=O)N(CCBr)C1CCCCC1. The fraction of sp³-hybridized carbons (Fsp3) is 0.750. The van der Waals surface area contributed by atoms with Gasteiger partial charge in [0.25, 0.3) is 5.91 Å². The van der Waals surface area contributed by atoms with Crippen LogP contribution in [-0.4, -0.2) is 38.3 Å². The summed E-state index contributed by atoms with van der Waals surface area (Å²) >= 11 is 4.65. The minimum Gasteiger partial charge on any atom is -0.334 e. The molecule has 0 aliphatic heterocycles. The largest absolute Gasteiger partial charge is 0.334 e. The molecular formula is C12H18BrN3OS. The summed E-state index contributed by atoms with van der Waals surface area (Å²) in [6.45, 7) is 2.62. The topological polar surface area (TPSA) is 46.1 Å². The van der Waals surface area contributed by atoms with Gasteiger partial charge in [-0.15, -0.1) is 5.10 Å². The lowest BCUT2D eigenvalue weighted by molar-refractivity contribution is 0.0655. The van der Waals surface area contributed by atoms with Crippen LogP contribution in [0.25, 0.3) is 0 Å². The van der Waals surface area contributed by atoms with Gasteiger partial charge in [0.15, 0.2) is 0 Å². The minimum absolute atomic E-state index is 0.105. The predicted molar refractivity (Wildman–Crippen MR) is 76.3 cm³/mol. The van der Waals surface area contributed by atoms with Crippen LogP contribution in [0.3, 0.4) is 0 Å². The van der Waals surface area contributed by atoms with Crippen LogP contribution in [0.15, 0.2) is 0 Å². The summed E-state index contributed by atoms with van der Waals surface area (Å²) in [6, 6.07) is 0.394. The standard InChI is InChI=1S/C12H18BrN3OS/c1-9-11(18-15-14-9)12(17)16(8-7-13)10-5-3-2-4-6-10/h10H,2-8H2,1H3. The number of aryl methyl sites for hydroxylation is 1. The Labute approximate surface area is 120 Å². The van der Waals surface area contributed by atoms with Crippen molar-refractivity contribution in [3.8, 4) is 0 Å². The Kier molecular flexibility index (Phi) is 5.12. The first-order valence-electron chi connectivity index (χ1n) is 6.40. The summed E-state index contributed by atoms with van der Waals surface area (Å²) in [6.07, 6.45) is 6.02. The lowest BCUT2D eigenvalue weighted by atomic mass is 9.94. The van der Waals surface area contributed by atoms with Crippen molar-refractivity contribution in [3.63, 3.8) is 0 Å². The molecule has 2 rings (SSSR count). The van der Waals surface area contributed by atoms with Crippen LogP contribution in [0, 0.1) is 6.92 Å². The summed E-state index contributed by atoms with van der Waals surface area (Å²) in [7, 11) is 0. The van der Waals surface area contributed by atoms with Gasteiger partial charge in [0.05, 0.1) is 5.69 Å². The van der Waals surface area contributed by atoms with Crippen molar-refractivity contribution in [1.29, 1.82) is 0 Å². The molecule has 100 valence electrons. The van der Waals surface area contributed by atoms with Gasteiger partial charge in [-0.1, -0.05) is 39.7 Å². The maximum atomic E-state index is 12.6. The van der Waals surface area contributed by atoms with Crippen LogP contribution < -0.4 is 0 Å². The Morgan fingerprint density at radius 1 is 1.44 bits per heavy atom. The molecule has 0 bridgehead atoms. The molecule has 0 saturated heterocycles. The third-order valence-electron chi connectivity index (χ3n) is 3.45. The van der Waals surface area contributed by atoms with E-state index < -0.39 is 0 Å². The fourth-order valence-electron chi connectivity index (χ4n) is 2.49. The van der Waals surface area contributed by atoms with Crippen molar-refractivity contribution < 1.29 is 4.79 Å². The van der Waals surface area contributed by atoms with Gasteiger partial charge in [-0.3, -0.25) is 4.79 Å². The Bertz CT molecular complexity index is 404. The van der Waals surface area contributed by atoms with Gasteiger partial charge in [0, 0.05) is 17.9 Å². The van der Waals surface area contributed by atoms with E-state index >= 15 is 0 Å². The van der Waals surface area contributed by atoms with Gasteiger partial charge < -0.3 is 4.90 Å². The van der Waals surface area contributed by atoms with Crippen LogP contribution in [-0.2, 0) is 0 Å². The van der Waals surface area contributed by atoms with Gasteiger partial charge in [-0.05, 0) is 31.3 Å². The smallest absolute Gasteiger partial charge is 0.267 e. The third kappa shape index (κ3) is 3.09. The Balaban J connectivity index is 2.13. The number of carbonyl (C=O) groups excluding carboxylic acids is 1. The Hall–Kier alpha value is -0.490. The van der Waals surface area contributed by atoms with Crippen LogP contribution in [0.1, 0.15) is 47.5 Å². The second-order valence-corrected chi connectivity index (χ2v) is 6.21. The number of alkyl halides is 1. The zero-order valence-corrected chi connectivity index (χ0v) is 13.0. The van der Waals surface area contributed by atoms with E-state index in [0.717, 1.165) is 30.4 Å². The van der Waals surface area contributed by atoms with Gasteiger partial charge >= 0.3 is 0 Å². The zero-order chi connectivity index (χ0) is 13.0. The average molecular weight is 332 g/mol. The molecule has 4 nitrogen and oxygen atoms in total. The molecule has 0 unspecified atom stereocenters. The second-order valence-electron chi connectivity index (χ2n) is 4.67. The van der Waals surface area contributed by atoms with Crippen LogP contribution >= 0.6 is 27.5 Å². The highest BCUT2D eigenvalue weighted by molar-refractivity contribution is 9.09. The monoisotopic (exact) mass is 331 g/mol. The number of rotatable bonds is 4. The molecule has 18 heavy (non-hydrogen) atoms. The maximum absolute atomic E-state index is 12.6. The molecule has 6 heteroatoms. The van der Waals surface area contributed by atoms with Gasteiger partial charge in [0.1, 0.15) is 4.88 Å². The molecule has 1 fully saturated rings. The Morgan fingerprint density at radius 3 is 2.72 bits per heavy atom. The third-order valence-corrected chi connectivity index (χ3v) is 4.62. The van der Waals surface area contributed by atoms with Crippen molar-refractivity contribution in [1.82, 2.24) is 14.5 Å². The van der Waals surface area contributed by atoms with Crippen molar-refractivity contribution in [2.75, 3.05) is 11.9 Å². The zero-order valence-electron chi connectivity index (χ0n) is 10.6. The van der Waals surface area contributed by atoms with E-state index in [1.165, 1.54) is 30.8 Å². The molecule has 0 N–H and O–H groups in total. The molecule has 1 aromatic heterocycles. The maximum Gasteiger partial charge on any atom is 0.267 e. The van der Waals surface area contributed by atoms with E-state index in [9.17, 15) is 4.79 Å². The number of amides is 1. The summed E-state index contributed by atoms with van der Waals surface area (Å²) < 4.78 is 3.86. The van der Waals surface area contributed by atoms with Crippen molar-refractivity contribution in [3.05, 3.63) is 10.6 Å². The average Bonchev–Trinajstić information content (AvgIpc) is 2.82. The molecule has 0 radical (unpaired) electrons. The van der Waals surface area contributed by atoms with Gasteiger partial charge in [-0.25, -0.2) is 0 Å². The fourth-order valence-corrected chi connectivity index (χ4v) is 3.49. The second kappa shape index (κ2) is 6.61. The minimum atomic E-state index is 0.105.